The first-order chi connectivity index (χ1) is 9.08. The lowest BCUT2D eigenvalue weighted by atomic mass is 10.3. The Morgan fingerprint density at radius 2 is 1.89 bits per heavy atom. The number of anilines is 1. The normalized spacial score (nSPS) is 15.2. The van der Waals surface area contributed by atoms with Crippen LogP contribution in [0, 0.1) is 11.6 Å². The van der Waals surface area contributed by atoms with E-state index in [-0.39, 0.29) is 5.69 Å². The van der Waals surface area contributed by atoms with Crippen LogP contribution in [-0.4, -0.2) is 42.9 Å². The topological polar surface area (TPSA) is 61.4 Å². The molecule has 5 nitrogen and oxygen atoms in total. The van der Waals surface area contributed by atoms with Gasteiger partial charge in [0, 0.05) is 32.2 Å². The van der Waals surface area contributed by atoms with Crippen LogP contribution in [0.4, 0.5) is 14.5 Å². The van der Waals surface area contributed by atoms with Crippen molar-refractivity contribution >= 4 is 17.5 Å². The second kappa shape index (κ2) is 5.75. The van der Waals surface area contributed by atoms with E-state index in [1.54, 1.807) is 0 Å². The first kappa shape index (κ1) is 13.4. The monoisotopic (exact) mass is 269 g/mol. The molecule has 2 N–H and O–H groups in total. The van der Waals surface area contributed by atoms with Crippen molar-refractivity contribution in [3.63, 3.8) is 0 Å². The highest BCUT2D eigenvalue weighted by molar-refractivity contribution is 6.39. The molecule has 1 fully saturated rings. The van der Waals surface area contributed by atoms with E-state index >= 15 is 0 Å². The van der Waals surface area contributed by atoms with Crippen LogP contribution in [0.2, 0.25) is 0 Å². The number of nitrogens with zero attached hydrogens (tertiary/aromatic N) is 1. The summed E-state index contributed by atoms with van der Waals surface area (Å²) in [4.78, 5) is 24.8. The fourth-order valence-corrected chi connectivity index (χ4v) is 1.78. The zero-order valence-corrected chi connectivity index (χ0v) is 10.1. The van der Waals surface area contributed by atoms with Crippen molar-refractivity contribution in [1.29, 1.82) is 0 Å². The molecular formula is C12H13F2N3O2. The Hall–Kier alpha value is -2.02. The SMILES string of the molecule is O=C(Nc1ccc(F)cc1F)C(=O)N1CCNCC1. The molecule has 0 spiro atoms. The Balaban J connectivity index is 2.01. The van der Waals surface area contributed by atoms with E-state index in [4.69, 9.17) is 0 Å². The minimum atomic E-state index is -0.924. The Bertz CT molecular complexity index is 502. The van der Waals surface area contributed by atoms with Gasteiger partial charge in [0.05, 0.1) is 5.69 Å². The summed E-state index contributed by atoms with van der Waals surface area (Å²) in [6, 6.07) is 2.73. The van der Waals surface area contributed by atoms with Crippen molar-refractivity contribution in [2.24, 2.45) is 0 Å². The molecule has 1 aliphatic heterocycles. The Labute approximate surface area is 108 Å². The molecule has 102 valence electrons. The zero-order valence-electron chi connectivity index (χ0n) is 10.1. The molecule has 0 aliphatic carbocycles. The van der Waals surface area contributed by atoms with E-state index < -0.39 is 23.4 Å². The van der Waals surface area contributed by atoms with Crippen molar-refractivity contribution in [3.8, 4) is 0 Å². The number of halogens is 2. The van der Waals surface area contributed by atoms with Gasteiger partial charge in [-0.1, -0.05) is 0 Å². The lowest BCUT2D eigenvalue weighted by Gasteiger charge is -2.26. The van der Waals surface area contributed by atoms with Gasteiger partial charge in [-0.3, -0.25) is 9.59 Å². The van der Waals surface area contributed by atoms with Gasteiger partial charge in [0.2, 0.25) is 0 Å². The molecule has 7 heteroatoms. The van der Waals surface area contributed by atoms with Gasteiger partial charge in [-0.2, -0.15) is 0 Å². The smallest absolute Gasteiger partial charge is 0.313 e. The molecule has 0 bridgehead atoms. The molecule has 2 rings (SSSR count). The number of amides is 2. The summed E-state index contributed by atoms with van der Waals surface area (Å²) in [5, 5.41) is 5.19. The lowest BCUT2D eigenvalue weighted by Crippen LogP contribution is -2.49. The second-order valence-corrected chi connectivity index (χ2v) is 4.12. The highest BCUT2D eigenvalue weighted by atomic mass is 19.1. The van der Waals surface area contributed by atoms with Crippen LogP contribution < -0.4 is 10.6 Å². The van der Waals surface area contributed by atoms with Crippen LogP contribution in [0.5, 0.6) is 0 Å². The van der Waals surface area contributed by atoms with E-state index in [1.807, 2.05) is 0 Å². The average Bonchev–Trinajstić information content (AvgIpc) is 2.42. The number of piperazine rings is 1. The van der Waals surface area contributed by atoms with Crippen molar-refractivity contribution in [2.45, 2.75) is 0 Å². The third-order valence-corrected chi connectivity index (χ3v) is 2.78. The van der Waals surface area contributed by atoms with Gasteiger partial charge in [0.15, 0.2) is 0 Å². The van der Waals surface area contributed by atoms with Gasteiger partial charge in [0.25, 0.3) is 0 Å². The average molecular weight is 269 g/mol. The highest BCUT2D eigenvalue weighted by Crippen LogP contribution is 2.14. The lowest BCUT2D eigenvalue weighted by molar-refractivity contribution is -0.143. The molecule has 0 atom stereocenters. The molecule has 2 amide bonds. The first-order valence-corrected chi connectivity index (χ1v) is 5.84. The maximum Gasteiger partial charge on any atom is 0.313 e. The van der Waals surface area contributed by atoms with E-state index in [2.05, 4.69) is 10.6 Å². The number of carbonyl (C=O) groups excluding carboxylic acids is 2. The van der Waals surface area contributed by atoms with E-state index in [1.165, 1.54) is 4.90 Å². The third kappa shape index (κ3) is 3.25. The molecule has 1 saturated heterocycles. The van der Waals surface area contributed by atoms with Gasteiger partial charge in [0.1, 0.15) is 11.6 Å². The van der Waals surface area contributed by atoms with Crippen LogP contribution in [0.15, 0.2) is 18.2 Å². The number of hydrogen-bond donors (Lipinski definition) is 2. The summed E-state index contributed by atoms with van der Waals surface area (Å²) < 4.78 is 26.0. The fourth-order valence-electron chi connectivity index (χ4n) is 1.78. The number of rotatable bonds is 1. The summed E-state index contributed by atoms with van der Waals surface area (Å²) in [6.45, 7) is 2.09. The Morgan fingerprint density at radius 3 is 2.53 bits per heavy atom. The minimum Gasteiger partial charge on any atom is -0.332 e. The molecule has 1 heterocycles. The quantitative estimate of drug-likeness (QED) is 0.723. The minimum absolute atomic E-state index is 0.213. The van der Waals surface area contributed by atoms with Gasteiger partial charge in [-0.25, -0.2) is 8.78 Å². The summed E-state index contributed by atoms with van der Waals surface area (Å²) in [5.41, 5.74) is -0.213. The summed E-state index contributed by atoms with van der Waals surface area (Å²) >= 11 is 0. The van der Waals surface area contributed by atoms with Crippen LogP contribution in [0.3, 0.4) is 0 Å². The van der Waals surface area contributed by atoms with E-state index in [9.17, 15) is 18.4 Å². The largest absolute Gasteiger partial charge is 0.332 e. The predicted molar refractivity (Wildman–Crippen MR) is 64.4 cm³/mol. The third-order valence-electron chi connectivity index (χ3n) is 2.78. The molecule has 1 aromatic carbocycles. The van der Waals surface area contributed by atoms with Crippen molar-refractivity contribution in [3.05, 3.63) is 29.8 Å². The van der Waals surface area contributed by atoms with Crippen molar-refractivity contribution in [2.75, 3.05) is 31.5 Å². The molecular weight excluding hydrogens is 256 g/mol. The molecule has 1 aliphatic rings. The molecule has 1 aromatic rings. The number of nitrogens with one attached hydrogen (secondary N) is 2. The van der Waals surface area contributed by atoms with Crippen LogP contribution in [0.1, 0.15) is 0 Å². The predicted octanol–water partition coefficient (Wildman–Crippen LogP) is 0.335. The molecule has 0 unspecified atom stereocenters. The summed E-state index contributed by atoms with van der Waals surface area (Å²) in [5.74, 6) is -3.30. The van der Waals surface area contributed by atoms with Gasteiger partial charge >= 0.3 is 11.8 Å². The van der Waals surface area contributed by atoms with Crippen LogP contribution >= 0.6 is 0 Å². The van der Waals surface area contributed by atoms with E-state index in [0.717, 1.165) is 12.1 Å². The van der Waals surface area contributed by atoms with Crippen LogP contribution in [-0.2, 0) is 9.59 Å². The maximum atomic E-state index is 13.3. The summed E-state index contributed by atoms with van der Waals surface area (Å²) in [7, 11) is 0. The number of benzene rings is 1. The maximum absolute atomic E-state index is 13.3. The Kier molecular flexibility index (Phi) is 4.06. The summed E-state index contributed by atoms with van der Waals surface area (Å²) in [6.07, 6.45) is 0. The second-order valence-electron chi connectivity index (χ2n) is 4.12. The molecule has 0 radical (unpaired) electrons. The van der Waals surface area contributed by atoms with Gasteiger partial charge in [-0.05, 0) is 12.1 Å². The van der Waals surface area contributed by atoms with Crippen molar-refractivity contribution < 1.29 is 18.4 Å². The van der Waals surface area contributed by atoms with Crippen molar-refractivity contribution in [1.82, 2.24) is 10.2 Å². The fraction of sp³-hybridized carbons (Fsp3) is 0.333. The van der Waals surface area contributed by atoms with Crippen LogP contribution in [0.25, 0.3) is 0 Å². The number of hydrogen-bond acceptors (Lipinski definition) is 3. The highest BCUT2D eigenvalue weighted by Gasteiger charge is 2.23. The van der Waals surface area contributed by atoms with Gasteiger partial charge in [-0.15, -0.1) is 0 Å². The molecule has 0 saturated carbocycles. The number of carbonyl (C=O) groups is 2. The van der Waals surface area contributed by atoms with Gasteiger partial charge < -0.3 is 15.5 Å². The first-order valence-electron chi connectivity index (χ1n) is 5.84. The van der Waals surface area contributed by atoms with E-state index in [0.29, 0.717) is 32.2 Å². The zero-order chi connectivity index (χ0) is 13.8. The standard InChI is InChI=1S/C12H13F2N3O2/c13-8-1-2-10(9(14)7-8)16-11(18)12(19)17-5-3-15-4-6-17/h1-2,7,15H,3-6H2,(H,16,18). The molecule has 19 heavy (non-hydrogen) atoms. The molecule has 0 aromatic heterocycles. The Morgan fingerprint density at radius 1 is 1.21 bits per heavy atom.